The van der Waals surface area contributed by atoms with Crippen molar-refractivity contribution >= 4 is 5.78 Å². The highest BCUT2D eigenvalue weighted by molar-refractivity contribution is 5.87. The van der Waals surface area contributed by atoms with Gasteiger partial charge < -0.3 is 10.2 Å². The first-order valence-corrected chi connectivity index (χ1v) is 11.5. The maximum Gasteiger partial charge on any atom is 0.139 e. The summed E-state index contributed by atoms with van der Waals surface area (Å²) in [6.07, 6.45) is 11.8. The molecular formula is C24H40O3. The number of ketones is 1. The van der Waals surface area contributed by atoms with Crippen LogP contribution in [-0.4, -0.2) is 29.2 Å². The van der Waals surface area contributed by atoms with Crippen LogP contribution >= 0.6 is 0 Å². The Kier molecular flexibility index (Phi) is 5.03. The lowest BCUT2D eigenvalue weighted by molar-refractivity contribution is -0.141. The summed E-state index contributed by atoms with van der Waals surface area (Å²) in [5, 5.41) is 19.4. The van der Waals surface area contributed by atoms with Crippen LogP contribution in [-0.2, 0) is 4.79 Å². The molecule has 3 heteroatoms. The molecule has 0 amide bonds. The molecule has 0 radical (unpaired) electrons. The minimum Gasteiger partial charge on any atom is -0.396 e. The molecular weight excluding hydrogens is 336 g/mol. The van der Waals surface area contributed by atoms with Gasteiger partial charge in [0.1, 0.15) is 5.78 Å². The summed E-state index contributed by atoms with van der Waals surface area (Å²) >= 11 is 0. The zero-order valence-corrected chi connectivity index (χ0v) is 17.7. The monoisotopic (exact) mass is 376 g/mol. The van der Waals surface area contributed by atoms with E-state index in [0.717, 1.165) is 43.4 Å². The Morgan fingerprint density at radius 3 is 2.44 bits per heavy atom. The highest BCUT2D eigenvalue weighted by Crippen LogP contribution is 2.66. The fourth-order valence-electron chi connectivity index (χ4n) is 8.18. The van der Waals surface area contributed by atoms with Crippen LogP contribution in [0.3, 0.4) is 0 Å². The highest BCUT2D eigenvalue weighted by Gasteiger charge is 2.60. The summed E-state index contributed by atoms with van der Waals surface area (Å²) in [7, 11) is 0. The van der Waals surface area contributed by atoms with Crippen LogP contribution in [0.4, 0.5) is 0 Å². The van der Waals surface area contributed by atoms with E-state index in [4.69, 9.17) is 0 Å². The van der Waals surface area contributed by atoms with Gasteiger partial charge in [0.25, 0.3) is 0 Å². The van der Waals surface area contributed by atoms with Crippen molar-refractivity contribution in [2.45, 2.75) is 85.0 Å². The number of hydrogen-bond donors (Lipinski definition) is 2. The van der Waals surface area contributed by atoms with Gasteiger partial charge in [0.05, 0.1) is 13.2 Å². The molecule has 4 saturated carbocycles. The van der Waals surface area contributed by atoms with Crippen molar-refractivity contribution in [1.82, 2.24) is 0 Å². The first-order chi connectivity index (χ1) is 12.8. The Hall–Kier alpha value is -0.410. The molecule has 4 rings (SSSR count). The lowest BCUT2D eigenvalue weighted by Gasteiger charge is -2.60. The topological polar surface area (TPSA) is 57.5 Å². The number of Topliss-reactive ketones (excluding diaryl/α,β-unsaturated/α-hetero) is 1. The van der Waals surface area contributed by atoms with Crippen molar-refractivity contribution in [1.29, 1.82) is 0 Å². The lowest BCUT2D eigenvalue weighted by Crippen LogP contribution is -2.53. The minimum atomic E-state index is -0.327. The Labute approximate surface area is 165 Å². The van der Waals surface area contributed by atoms with Crippen molar-refractivity contribution in [2.24, 2.45) is 45.8 Å². The van der Waals surface area contributed by atoms with Crippen molar-refractivity contribution in [2.75, 3.05) is 13.2 Å². The summed E-state index contributed by atoms with van der Waals surface area (Å²) in [5.41, 5.74) is 0.110. The van der Waals surface area contributed by atoms with Crippen molar-refractivity contribution < 1.29 is 15.0 Å². The average Bonchev–Trinajstić information content (AvgIpc) is 2.97. The molecule has 0 heterocycles. The molecule has 0 spiro atoms. The first-order valence-electron chi connectivity index (χ1n) is 11.5. The standard InChI is InChI=1S/C24H40O3/c1-22(14-25,15-26)13-16-8-10-23(2)17(12-16)4-5-18-19-6-7-21(27)24(19,3)11-9-20(18)23/h16-20,25-26H,4-15H2,1-3H3/t16?,17?,18-,19-,20+,23-,24-/m0/s1. The highest BCUT2D eigenvalue weighted by atomic mass is 16.3. The number of carbonyl (C=O) groups excluding carboxylic acids is 1. The average molecular weight is 377 g/mol. The largest absolute Gasteiger partial charge is 0.396 e. The van der Waals surface area contributed by atoms with Gasteiger partial charge in [0, 0.05) is 17.3 Å². The van der Waals surface area contributed by atoms with Gasteiger partial charge in [0.2, 0.25) is 0 Å². The van der Waals surface area contributed by atoms with E-state index in [2.05, 4.69) is 13.8 Å². The van der Waals surface area contributed by atoms with E-state index < -0.39 is 0 Å². The third-order valence-corrected chi connectivity index (χ3v) is 10.0. The molecule has 4 fully saturated rings. The summed E-state index contributed by atoms with van der Waals surface area (Å²) < 4.78 is 0. The summed E-state index contributed by atoms with van der Waals surface area (Å²) in [5.74, 6) is 4.21. The van der Waals surface area contributed by atoms with Gasteiger partial charge in [-0.25, -0.2) is 0 Å². The molecule has 27 heavy (non-hydrogen) atoms. The number of rotatable bonds is 4. The van der Waals surface area contributed by atoms with E-state index in [1.165, 1.54) is 38.5 Å². The second-order valence-electron chi connectivity index (χ2n) is 11.5. The van der Waals surface area contributed by atoms with Gasteiger partial charge in [-0.1, -0.05) is 20.8 Å². The van der Waals surface area contributed by atoms with Gasteiger partial charge in [-0.15, -0.1) is 0 Å². The molecule has 0 saturated heterocycles. The quantitative estimate of drug-likeness (QED) is 0.754. The zero-order valence-electron chi connectivity index (χ0n) is 17.7. The number of aliphatic hydroxyl groups is 2. The second kappa shape index (κ2) is 6.83. The van der Waals surface area contributed by atoms with Gasteiger partial charge >= 0.3 is 0 Å². The number of fused-ring (bicyclic) bond motifs is 5. The third kappa shape index (κ3) is 3.03. The van der Waals surface area contributed by atoms with Crippen LogP contribution in [0.2, 0.25) is 0 Å². The van der Waals surface area contributed by atoms with Crippen molar-refractivity contribution in [3.63, 3.8) is 0 Å². The summed E-state index contributed by atoms with van der Waals surface area (Å²) in [6.45, 7) is 7.04. The molecule has 0 bridgehead atoms. The molecule has 0 aliphatic heterocycles. The number of aliphatic hydroxyl groups excluding tert-OH is 2. The van der Waals surface area contributed by atoms with E-state index in [1.807, 2.05) is 6.92 Å². The number of hydrogen-bond acceptors (Lipinski definition) is 3. The summed E-state index contributed by atoms with van der Waals surface area (Å²) in [6, 6.07) is 0. The van der Waals surface area contributed by atoms with Gasteiger partial charge in [-0.05, 0) is 92.8 Å². The fourth-order valence-corrected chi connectivity index (χ4v) is 8.18. The van der Waals surface area contributed by atoms with Crippen LogP contribution < -0.4 is 0 Å². The second-order valence-corrected chi connectivity index (χ2v) is 11.5. The molecule has 2 unspecified atom stereocenters. The Morgan fingerprint density at radius 1 is 1.00 bits per heavy atom. The molecule has 0 aromatic heterocycles. The van der Waals surface area contributed by atoms with Crippen molar-refractivity contribution in [3.05, 3.63) is 0 Å². The van der Waals surface area contributed by atoms with E-state index in [0.29, 0.717) is 23.0 Å². The smallest absolute Gasteiger partial charge is 0.139 e. The predicted octanol–water partition coefficient (Wildman–Crippen LogP) is 4.60. The Bertz CT molecular complexity index is 582. The molecule has 2 N–H and O–H groups in total. The van der Waals surface area contributed by atoms with Crippen LogP contribution in [0.1, 0.15) is 85.0 Å². The fraction of sp³-hybridized carbons (Fsp3) is 0.958. The van der Waals surface area contributed by atoms with Gasteiger partial charge in [-0.2, -0.15) is 0 Å². The SMILES string of the molecule is CC(CO)(CO)CC1CC[C@@]2(C)C(CC[C@@H]3[C@H]2CC[C@]2(C)C(=O)CC[C@@H]32)C1. The molecule has 4 aliphatic carbocycles. The van der Waals surface area contributed by atoms with Crippen molar-refractivity contribution in [3.8, 4) is 0 Å². The molecule has 3 nitrogen and oxygen atoms in total. The van der Waals surface area contributed by atoms with Gasteiger partial charge in [0.15, 0.2) is 0 Å². The van der Waals surface area contributed by atoms with Crippen LogP contribution in [0.25, 0.3) is 0 Å². The van der Waals surface area contributed by atoms with Crippen LogP contribution in [0.15, 0.2) is 0 Å². The van der Waals surface area contributed by atoms with Crippen LogP contribution in [0.5, 0.6) is 0 Å². The predicted molar refractivity (Wildman–Crippen MR) is 107 cm³/mol. The Morgan fingerprint density at radius 2 is 1.74 bits per heavy atom. The van der Waals surface area contributed by atoms with E-state index >= 15 is 0 Å². The van der Waals surface area contributed by atoms with Crippen LogP contribution in [0, 0.1) is 45.8 Å². The summed E-state index contributed by atoms with van der Waals surface area (Å²) in [4.78, 5) is 12.6. The first kappa shape index (κ1) is 19.9. The molecule has 154 valence electrons. The molecule has 0 aromatic carbocycles. The lowest BCUT2D eigenvalue weighted by atomic mass is 9.44. The minimum absolute atomic E-state index is 0.00830. The van der Waals surface area contributed by atoms with Gasteiger partial charge in [-0.3, -0.25) is 4.79 Å². The van der Waals surface area contributed by atoms with E-state index in [1.54, 1.807) is 0 Å². The zero-order chi connectivity index (χ0) is 19.4. The maximum atomic E-state index is 12.6. The molecule has 4 aliphatic rings. The normalized spacial score (nSPS) is 47.3. The van der Waals surface area contributed by atoms with E-state index in [9.17, 15) is 15.0 Å². The maximum absolute atomic E-state index is 12.6. The third-order valence-electron chi connectivity index (χ3n) is 10.0. The molecule has 0 aromatic rings. The Balaban J connectivity index is 1.49. The molecule has 7 atom stereocenters. The number of carbonyl (C=O) groups is 1. The van der Waals surface area contributed by atoms with E-state index in [-0.39, 0.29) is 24.0 Å².